The van der Waals surface area contributed by atoms with Crippen LogP contribution in [0.25, 0.3) is 0 Å². The van der Waals surface area contributed by atoms with Crippen molar-refractivity contribution in [3.63, 3.8) is 0 Å². The fourth-order valence-electron chi connectivity index (χ4n) is 4.90. The molecule has 1 N–H and O–H groups in total. The van der Waals surface area contributed by atoms with Gasteiger partial charge in [0, 0.05) is 32.1 Å². The Morgan fingerprint density at radius 3 is 2.42 bits per heavy atom. The van der Waals surface area contributed by atoms with Crippen LogP contribution in [0.1, 0.15) is 80.8 Å². The molecular weight excluding hydrogens is 416 g/mol. The van der Waals surface area contributed by atoms with Crippen LogP contribution >= 0.6 is 0 Å². The van der Waals surface area contributed by atoms with Gasteiger partial charge < -0.3 is 9.63 Å². The van der Waals surface area contributed by atoms with Gasteiger partial charge in [0.1, 0.15) is 11.5 Å². The molecule has 0 unspecified atom stereocenters. The maximum absolute atomic E-state index is 13.1. The molecule has 1 saturated carbocycles. The van der Waals surface area contributed by atoms with Crippen molar-refractivity contribution >= 4 is 23.0 Å². The highest BCUT2D eigenvalue weighted by atomic mass is 16.5. The van der Waals surface area contributed by atoms with Crippen LogP contribution in [0.15, 0.2) is 45.1 Å². The van der Waals surface area contributed by atoms with Gasteiger partial charge in [-0.2, -0.15) is 0 Å². The minimum Gasteiger partial charge on any atom is -0.511 e. The summed E-state index contributed by atoms with van der Waals surface area (Å²) in [6.07, 6.45) is 2.58. The third-order valence-corrected chi connectivity index (χ3v) is 6.50. The summed E-state index contributed by atoms with van der Waals surface area (Å²) in [5.41, 5.74) is 3.46. The fourth-order valence-corrected chi connectivity index (χ4v) is 4.90. The average molecular weight is 449 g/mol. The molecule has 0 saturated heterocycles. The lowest BCUT2D eigenvalue weighted by molar-refractivity contribution is -0.117. The number of rotatable bonds is 4. The van der Waals surface area contributed by atoms with Gasteiger partial charge in [0.2, 0.25) is 0 Å². The number of aliphatic hydroxyl groups is 1. The number of para-hydroxylation sites is 1. The van der Waals surface area contributed by atoms with Crippen LogP contribution in [0.4, 0.5) is 5.69 Å². The van der Waals surface area contributed by atoms with Crippen LogP contribution in [0.5, 0.6) is 0 Å². The van der Waals surface area contributed by atoms with Gasteiger partial charge in [0.25, 0.3) is 0 Å². The largest absolute Gasteiger partial charge is 0.511 e. The van der Waals surface area contributed by atoms with Gasteiger partial charge >= 0.3 is 0 Å². The number of nitrogens with zero attached hydrogens (tertiary/aromatic N) is 2. The molecule has 0 aliphatic heterocycles. The first-order valence-electron chi connectivity index (χ1n) is 11.6. The van der Waals surface area contributed by atoms with Crippen molar-refractivity contribution in [2.24, 2.45) is 15.8 Å². The summed E-state index contributed by atoms with van der Waals surface area (Å²) >= 11 is 0. The second-order valence-corrected chi connectivity index (χ2v) is 11.0. The number of fused-ring (bicyclic) bond motifs is 1. The Morgan fingerprint density at radius 2 is 1.70 bits per heavy atom. The van der Waals surface area contributed by atoms with Crippen molar-refractivity contribution in [2.45, 2.75) is 73.1 Å². The van der Waals surface area contributed by atoms with Gasteiger partial charge in [-0.05, 0) is 35.8 Å². The monoisotopic (exact) mass is 448 g/mol. The summed E-state index contributed by atoms with van der Waals surface area (Å²) < 4.78 is 5.47. The lowest BCUT2D eigenvalue weighted by Crippen LogP contribution is -2.32. The van der Waals surface area contributed by atoms with Crippen molar-refractivity contribution in [2.75, 3.05) is 0 Å². The van der Waals surface area contributed by atoms with E-state index in [9.17, 15) is 14.7 Å². The molecule has 0 atom stereocenters. The number of ketones is 2. The Kier molecular flexibility index (Phi) is 5.89. The number of carbonyl (C=O) groups is 2. The third kappa shape index (κ3) is 4.85. The van der Waals surface area contributed by atoms with Crippen LogP contribution in [0.2, 0.25) is 0 Å². The quantitative estimate of drug-likeness (QED) is 0.454. The zero-order valence-electron chi connectivity index (χ0n) is 20.1. The lowest BCUT2D eigenvalue weighted by Gasteiger charge is -2.31. The Balaban J connectivity index is 1.64. The van der Waals surface area contributed by atoms with Crippen molar-refractivity contribution in [3.05, 3.63) is 58.2 Å². The number of aromatic nitrogens is 1. The second-order valence-electron chi connectivity index (χ2n) is 11.0. The molecule has 1 aromatic heterocycles. The predicted octanol–water partition coefficient (Wildman–Crippen LogP) is 6.04. The molecular formula is C27H32N2O4. The normalized spacial score (nSPS) is 22.4. The van der Waals surface area contributed by atoms with Gasteiger partial charge in [-0.1, -0.05) is 51.1 Å². The van der Waals surface area contributed by atoms with Gasteiger partial charge in [-0.25, -0.2) is 0 Å². The van der Waals surface area contributed by atoms with Crippen LogP contribution < -0.4 is 0 Å². The fraction of sp³-hybridized carbons (Fsp3) is 0.481. The minimum absolute atomic E-state index is 0.00294. The van der Waals surface area contributed by atoms with Crippen LogP contribution in [-0.4, -0.2) is 27.5 Å². The Morgan fingerprint density at radius 1 is 1.03 bits per heavy atom. The Labute approximate surface area is 194 Å². The van der Waals surface area contributed by atoms with E-state index in [4.69, 9.17) is 9.52 Å². The SMILES string of the molecule is Cc1ccccc1N=C1CC(C)(C)CC(=O)/C1=C(/O)CCc1noc2c1C(=O)CC(C)(C)C2. The molecule has 2 aromatic rings. The number of benzene rings is 1. The maximum atomic E-state index is 13.1. The number of hydrogen-bond acceptors (Lipinski definition) is 6. The summed E-state index contributed by atoms with van der Waals surface area (Å²) in [6, 6.07) is 7.75. The number of allylic oxidation sites excluding steroid dienone is 2. The average Bonchev–Trinajstić information content (AvgIpc) is 3.08. The maximum Gasteiger partial charge on any atom is 0.168 e. The first-order chi connectivity index (χ1) is 15.5. The zero-order valence-corrected chi connectivity index (χ0v) is 20.1. The van der Waals surface area contributed by atoms with Crippen molar-refractivity contribution in [1.29, 1.82) is 0 Å². The van der Waals surface area contributed by atoms with E-state index >= 15 is 0 Å². The molecule has 174 valence electrons. The van der Waals surface area contributed by atoms with Crippen LogP contribution in [-0.2, 0) is 17.6 Å². The number of carbonyl (C=O) groups excluding carboxylic acids is 2. The number of aliphatic hydroxyl groups excluding tert-OH is 1. The first kappa shape index (κ1) is 23.1. The predicted molar refractivity (Wildman–Crippen MR) is 127 cm³/mol. The molecule has 33 heavy (non-hydrogen) atoms. The molecule has 2 aliphatic rings. The summed E-state index contributed by atoms with van der Waals surface area (Å²) in [4.78, 5) is 30.6. The highest BCUT2D eigenvalue weighted by molar-refractivity contribution is 6.25. The van der Waals surface area contributed by atoms with E-state index in [0.29, 0.717) is 60.4 Å². The summed E-state index contributed by atoms with van der Waals surface area (Å²) in [6.45, 7) is 10.1. The van der Waals surface area contributed by atoms with Gasteiger partial charge in [-0.15, -0.1) is 0 Å². The Hall–Kier alpha value is -3.02. The van der Waals surface area contributed by atoms with E-state index in [1.54, 1.807) is 0 Å². The van der Waals surface area contributed by atoms with Gasteiger partial charge in [0.05, 0.1) is 28.2 Å². The van der Waals surface area contributed by atoms with Crippen LogP contribution in [0, 0.1) is 17.8 Å². The summed E-state index contributed by atoms with van der Waals surface area (Å²) in [5.74, 6) is 0.553. The zero-order chi connectivity index (χ0) is 24.0. The summed E-state index contributed by atoms with van der Waals surface area (Å²) in [7, 11) is 0. The molecule has 6 heteroatoms. The van der Waals surface area contributed by atoms with Gasteiger partial charge in [0.15, 0.2) is 11.6 Å². The standard InChI is InChI=1S/C27H32N2O4/c1-16-8-6-7-9-17(16)28-19-12-26(2,3)13-21(31)24(19)20(30)11-10-18-25-22(32)14-27(4,5)15-23(25)33-29-18/h6-9,30H,10-15H2,1-5H3/b24-20+,28-19?. The van der Waals surface area contributed by atoms with Crippen molar-refractivity contribution in [3.8, 4) is 0 Å². The molecule has 1 aromatic carbocycles. The van der Waals surface area contributed by atoms with Crippen molar-refractivity contribution < 1.29 is 19.2 Å². The first-order valence-corrected chi connectivity index (χ1v) is 11.6. The molecule has 0 spiro atoms. The number of aliphatic imine (C=N–C) groups is 1. The molecule has 0 amide bonds. The molecule has 4 rings (SSSR count). The molecule has 1 fully saturated rings. The van der Waals surface area contributed by atoms with Crippen molar-refractivity contribution in [1.82, 2.24) is 5.16 Å². The molecule has 0 radical (unpaired) electrons. The second kappa shape index (κ2) is 8.40. The van der Waals surface area contributed by atoms with E-state index in [0.717, 1.165) is 11.3 Å². The lowest BCUT2D eigenvalue weighted by atomic mass is 9.73. The van der Waals surface area contributed by atoms with Gasteiger partial charge in [-0.3, -0.25) is 14.6 Å². The molecule has 6 nitrogen and oxygen atoms in total. The van der Waals surface area contributed by atoms with E-state index in [2.05, 4.69) is 5.16 Å². The minimum atomic E-state index is -0.229. The smallest absolute Gasteiger partial charge is 0.168 e. The van der Waals surface area contributed by atoms with E-state index < -0.39 is 0 Å². The van der Waals surface area contributed by atoms with E-state index in [-0.39, 0.29) is 34.6 Å². The Bertz CT molecular complexity index is 1180. The topological polar surface area (TPSA) is 92.8 Å². The third-order valence-electron chi connectivity index (χ3n) is 6.50. The molecule has 0 bridgehead atoms. The summed E-state index contributed by atoms with van der Waals surface area (Å²) in [5, 5.41) is 15.1. The highest BCUT2D eigenvalue weighted by Gasteiger charge is 2.38. The molecule has 1 heterocycles. The van der Waals surface area contributed by atoms with Crippen LogP contribution in [0.3, 0.4) is 0 Å². The number of Topliss-reactive ketones (excluding diaryl/α,β-unsaturated/α-hetero) is 2. The number of hydrogen-bond donors (Lipinski definition) is 1. The highest BCUT2D eigenvalue weighted by Crippen LogP contribution is 2.38. The molecule has 2 aliphatic carbocycles. The van der Waals surface area contributed by atoms with E-state index in [1.807, 2.05) is 58.9 Å². The van der Waals surface area contributed by atoms with E-state index in [1.165, 1.54) is 0 Å². The number of aryl methyl sites for hydroxylation is 2.